The smallest absolute Gasteiger partial charge is 0.271 e. The molecule has 174 valence electrons. The van der Waals surface area contributed by atoms with Crippen LogP contribution in [-0.2, 0) is 16.6 Å². The summed E-state index contributed by atoms with van der Waals surface area (Å²) in [5.74, 6) is -0.0587. The van der Waals surface area contributed by atoms with Gasteiger partial charge < -0.3 is 5.32 Å². The third-order valence-electron chi connectivity index (χ3n) is 5.87. The van der Waals surface area contributed by atoms with Gasteiger partial charge in [0.15, 0.2) is 0 Å². The van der Waals surface area contributed by atoms with E-state index in [1.165, 1.54) is 21.7 Å². The number of hydrogen-bond acceptors (Lipinski definition) is 5. The average molecular weight is 504 g/mol. The van der Waals surface area contributed by atoms with Crippen LogP contribution < -0.4 is 5.32 Å². The van der Waals surface area contributed by atoms with E-state index in [4.69, 9.17) is 11.6 Å². The third kappa shape index (κ3) is 5.46. The summed E-state index contributed by atoms with van der Waals surface area (Å²) >= 11 is 7.59. The lowest BCUT2D eigenvalue weighted by Crippen LogP contribution is -2.37. The highest BCUT2D eigenvalue weighted by atomic mass is 35.5. The van der Waals surface area contributed by atoms with Crippen molar-refractivity contribution in [2.45, 2.75) is 44.0 Å². The standard InChI is InChI=1S/C24H26ClN3O3S2/c1-16-4-3-5-18(12-16)14-26-23(29)22-15-32-24(27-22)19-8-10-28(11-9-19)33(30,31)20-7-6-17(2)21(25)13-20/h3-7,12-13,15,19H,8-11,14H2,1-2H3,(H,26,29). The Morgan fingerprint density at radius 2 is 1.94 bits per heavy atom. The third-order valence-corrected chi connectivity index (χ3v) is 9.18. The van der Waals surface area contributed by atoms with Crippen molar-refractivity contribution in [2.75, 3.05) is 13.1 Å². The molecule has 0 spiro atoms. The molecule has 1 amide bonds. The Labute approximate surface area is 203 Å². The van der Waals surface area contributed by atoms with E-state index in [0.717, 1.165) is 21.7 Å². The molecule has 2 heterocycles. The topological polar surface area (TPSA) is 79.4 Å². The first-order valence-corrected chi connectivity index (χ1v) is 13.5. The molecule has 6 nitrogen and oxygen atoms in total. The summed E-state index contributed by atoms with van der Waals surface area (Å²) in [6.07, 6.45) is 1.33. The normalized spacial score (nSPS) is 15.5. The number of carbonyl (C=O) groups is 1. The molecule has 2 aromatic carbocycles. The molecule has 0 atom stereocenters. The van der Waals surface area contributed by atoms with Crippen molar-refractivity contribution in [3.8, 4) is 0 Å². The van der Waals surface area contributed by atoms with E-state index in [1.54, 1.807) is 17.5 Å². The quantitative estimate of drug-likeness (QED) is 0.518. The maximum absolute atomic E-state index is 13.0. The molecule has 4 rings (SSSR count). The molecule has 3 aromatic rings. The summed E-state index contributed by atoms with van der Waals surface area (Å²) in [7, 11) is -3.58. The van der Waals surface area contributed by atoms with Gasteiger partial charge in [-0.2, -0.15) is 4.31 Å². The molecular formula is C24H26ClN3O3S2. The van der Waals surface area contributed by atoms with Gasteiger partial charge in [-0.15, -0.1) is 11.3 Å². The number of aromatic nitrogens is 1. The minimum absolute atomic E-state index is 0.140. The molecular weight excluding hydrogens is 478 g/mol. The molecule has 0 saturated carbocycles. The Morgan fingerprint density at radius 3 is 2.64 bits per heavy atom. The molecule has 1 fully saturated rings. The minimum Gasteiger partial charge on any atom is -0.347 e. The van der Waals surface area contributed by atoms with Gasteiger partial charge in [0.2, 0.25) is 10.0 Å². The maximum Gasteiger partial charge on any atom is 0.271 e. The van der Waals surface area contributed by atoms with Gasteiger partial charge in [0.05, 0.1) is 9.90 Å². The molecule has 0 bridgehead atoms. The largest absolute Gasteiger partial charge is 0.347 e. The Kier molecular flexibility index (Phi) is 7.19. The van der Waals surface area contributed by atoms with Crippen LogP contribution >= 0.6 is 22.9 Å². The first-order chi connectivity index (χ1) is 15.7. The summed E-state index contributed by atoms with van der Waals surface area (Å²) in [6.45, 7) is 5.13. The van der Waals surface area contributed by atoms with E-state index in [2.05, 4.69) is 10.3 Å². The summed E-state index contributed by atoms with van der Waals surface area (Å²) in [5.41, 5.74) is 3.45. The lowest BCUT2D eigenvalue weighted by molar-refractivity contribution is 0.0946. The van der Waals surface area contributed by atoms with Crippen LogP contribution in [0.25, 0.3) is 0 Å². The Bertz CT molecular complexity index is 1270. The van der Waals surface area contributed by atoms with Gasteiger partial charge in [-0.25, -0.2) is 13.4 Å². The highest BCUT2D eigenvalue weighted by Gasteiger charge is 2.31. The van der Waals surface area contributed by atoms with Crippen LogP contribution in [0.5, 0.6) is 0 Å². The zero-order chi connectivity index (χ0) is 23.6. The predicted octanol–water partition coefficient (Wildman–Crippen LogP) is 4.91. The van der Waals surface area contributed by atoms with Gasteiger partial charge >= 0.3 is 0 Å². The average Bonchev–Trinajstić information content (AvgIpc) is 3.30. The van der Waals surface area contributed by atoms with Gasteiger partial charge in [-0.1, -0.05) is 47.5 Å². The molecule has 0 unspecified atom stereocenters. The van der Waals surface area contributed by atoms with Gasteiger partial charge in [0.25, 0.3) is 5.91 Å². The molecule has 0 aliphatic carbocycles. The predicted molar refractivity (Wildman–Crippen MR) is 131 cm³/mol. The Balaban J connectivity index is 1.35. The van der Waals surface area contributed by atoms with Crippen molar-refractivity contribution in [3.05, 3.63) is 80.3 Å². The van der Waals surface area contributed by atoms with Crippen molar-refractivity contribution in [1.82, 2.24) is 14.6 Å². The highest BCUT2D eigenvalue weighted by molar-refractivity contribution is 7.89. The summed E-state index contributed by atoms with van der Waals surface area (Å²) in [4.78, 5) is 17.3. The minimum atomic E-state index is -3.58. The molecule has 1 aliphatic rings. The number of rotatable bonds is 6. The van der Waals surface area contributed by atoms with Crippen LogP contribution in [0.3, 0.4) is 0 Å². The fourth-order valence-corrected chi connectivity index (χ4v) is 6.61. The number of thiazole rings is 1. The SMILES string of the molecule is Cc1cccc(CNC(=O)c2csc(C3CCN(S(=O)(=O)c4ccc(C)c(Cl)c4)CC3)n2)c1. The van der Waals surface area contributed by atoms with Gasteiger partial charge in [-0.05, 0) is 49.9 Å². The van der Waals surface area contributed by atoms with E-state index in [1.807, 2.05) is 38.1 Å². The lowest BCUT2D eigenvalue weighted by Gasteiger charge is -2.30. The second-order valence-electron chi connectivity index (χ2n) is 8.33. The Morgan fingerprint density at radius 1 is 1.18 bits per heavy atom. The van der Waals surface area contributed by atoms with E-state index < -0.39 is 10.0 Å². The van der Waals surface area contributed by atoms with E-state index in [0.29, 0.717) is 43.2 Å². The van der Waals surface area contributed by atoms with E-state index >= 15 is 0 Å². The maximum atomic E-state index is 13.0. The van der Waals surface area contributed by atoms with E-state index in [-0.39, 0.29) is 16.7 Å². The van der Waals surface area contributed by atoms with Crippen LogP contribution in [0, 0.1) is 13.8 Å². The number of hydrogen-bond donors (Lipinski definition) is 1. The molecule has 9 heteroatoms. The number of nitrogens with zero attached hydrogens (tertiary/aromatic N) is 2. The number of sulfonamides is 1. The molecule has 1 aliphatic heterocycles. The number of amides is 1. The number of benzene rings is 2. The van der Waals surface area contributed by atoms with Crippen molar-refractivity contribution in [1.29, 1.82) is 0 Å². The van der Waals surface area contributed by atoms with Crippen molar-refractivity contribution < 1.29 is 13.2 Å². The van der Waals surface area contributed by atoms with E-state index in [9.17, 15) is 13.2 Å². The van der Waals surface area contributed by atoms with Crippen molar-refractivity contribution in [2.24, 2.45) is 0 Å². The first kappa shape index (κ1) is 23.9. The molecule has 1 saturated heterocycles. The van der Waals surface area contributed by atoms with Gasteiger partial charge in [0, 0.05) is 36.0 Å². The lowest BCUT2D eigenvalue weighted by atomic mass is 9.99. The summed E-state index contributed by atoms with van der Waals surface area (Å²) in [5, 5.41) is 6.02. The number of nitrogens with one attached hydrogen (secondary N) is 1. The number of halogens is 1. The van der Waals surface area contributed by atoms with Gasteiger partial charge in [0.1, 0.15) is 5.69 Å². The number of piperidine rings is 1. The summed E-state index contributed by atoms with van der Waals surface area (Å²) < 4.78 is 27.5. The van der Waals surface area contributed by atoms with Crippen LogP contribution in [-0.4, -0.2) is 36.7 Å². The fraction of sp³-hybridized carbons (Fsp3) is 0.333. The second-order valence-corrected chi connectivity index (χ2v) is 11.6. The molecule has 1 aromatic heterocycles. The zero-order valence-electron chi connectivity index (χ0n) is 18.5. The number of carbonyl (C=O) groups excluding carboxylic acids is 1. The van der Waals surface area contributed by atoms with Crippen LogP contribution in [0.4, 0.5) is 0 Å². The van der Waals surface area contributed by atoms with Gasteiger partial charge in [-0.3, -0.25) is 4.79 Å². The monoisotopic (exact) mass is 503 g/mol. The second kappa shape index (κ2) is 9.93. The fourth-order valence-electron chi connectivity index (χ4n) is 3.90. The highest BCUT2D eigenvalue weighted by Crippen LogP contribution is 2.33. The van der Waals surface area contributed by atoms with Crippen LogP contribution in [0.15, 0.2) is 52.7 Å². The summed E-state index contributed by atoms with van der Waals surface area (Å²) in [6, 6.07) is 12.8. The number of aryl methyl sites for hydroxylation is 2. The molecule has 0 radical (unpaired) electrons. The molecule has 33 heavy (non-hydrogen) atoms. The molecule has 1 N–H and O–H groups in total. The van der Waals surface area contributed by atoms with Crippen molar-refractivity contribution >= 4 is 38.9 Å². The van der Waals surface area contributed by atoms with Crippen LogP contribution in [0.1, 0.15) is 50.9 Å². The zero-order valence-corrected chi connectivity index (χ0v) is 20.9. The van der Waals surface area contributed by atoms with Crippen molar-refractivity contribution in [3.63, 3.8) is 0 Å². The Hall–Kier alpha value is -2.26. The first-order valence-electron chi connectivity index (χ1n) is 10.8. The van der Waals surface area contributed by atoms with Crippen LogP contribution in [0.2, 0.25) is 5.02 Å².